The Balaban J connectivity index is 1.57. The fourth-order valence-corrected chi connectivity index (χ4v) is 4.63. The molecule has 1 aliphatic rings. The highest BCUT2D eigenvalue weighted by molar-refractivity contribution is 5.97. The van der Waals surface area contributed by atoms with Crippen LogP contribution in [-0.2, 0) is 4.79 Å². The van der Waals surface area contributed by atoms with Crippen molar-refractivity contribution in [2.24, 2.45) is 11.7 Å². The highest BCUT2D eigenvalue weighted by Gasteiger charge is 2.28. The van der Waals surface area contributed by atoms with E-state index in [1.807, 2.05) is 30.3 Å². The number of methoxy groups -OCH3 is 1. The van der Waals surface area contributed by atoms with E-state index >= 15 is 0 Å². The Morgan fingerprint density at radius 1 is 1.13 bits per heavy atom. The van der Waals surface area contributed by atoms with Crippen LogP contribution in [0, 0.1) is 11.7 Å². The van der Waals surface area contributed by atoms with Crippen LogP contribution in [0.3, 0.4) is 0 Å². The fourth-order valence-electron chi connectivity index (χ4n) is 4.63. The standard InChI is InChI=1S/C25H30FNO3/c1-16(22-10-9-21(26)15-24(22)30-2)13-17-3-4-20(14-17)18-5-7-19(8-6-18)23(28)11-12-25(27)29/h5-10,15-17,20H,3-4,11-14H2,1-2H3,(H2,27,29)/t16-,17?,20-/m0/s1. The van der Waals surface area contributed by atoms with Gasteiger partial charge in [0.05, 0.1) is 7.11 Å². The van der Waals surface area contributed by atoms with Crippen molar-refractivity contribution in [2.45, 2.75) is 57.3 Å². The van der Waals surface area contributed by atoms with Crippen LogP contribution in [0.1, 0.15) is 78.8 Å². The number of ketones is 1. The lowest BCUT2D eigenvalue weighted by Crippen LogP contribution is -2.12. The van der Waals surface area contributed by atoms with E-state index in [2.05, 4.69) is 6.92 Å². The molecule has 2 aromatic carbocycles. The monoisotopic (exact) mass is 411 g/mol. The summed E-state index contributed by atoms with van der Waals surface area (Å²) in [6.45, 7) is 2.18. The average molecular weight is 412 g/mol. The molecule has 0 radical (unpaired) electrons. The summed E-state index contributed by atoms with van der Waals surface area (Å²) in [5.41, 5.74) is 8.07. The Bertz CT molecular complexity index is 894. The molecule has 160 valence electrons. The molecule has 5 heteroatoms. The number of ether oxygens (including phenoxy) is 1. The predicted molar refractivity (Wildman–Crippen MR) is 115 cm³/mol. The molecule has 1 saturated carbocycles. The molecule has 1 unspecified atom stereocenters. The van der Waals surface area contributed by atoms with Crippen LogP contribution >= 0.6 is 0 Å². The minimum atomic E-state index is -0.454. The maximum Gasteiger partial charge on any atom is 0.217 e. The molecule has 0 bridgehead atoms. The van der Waals surface area contributed by atoms with Gasteiger partial charge in [-0.3, -0.25) is 9.59 Å². The maximum absolute atomic E-state index is 13.5. The third-order valence-electron chi connectivity index (χ3n) is 6.26. The minimum absolute atomic E-state index is 0.0493. The van der Waals surface area contributed by atoms with Crippen LogP contribution in [0.2, 0.25) is 0 Å². The van der Waals surface area contributed by atoms with E-state index in [-0.39, 0.29) is 24.4 Å². The molecular formula is C25H30FNO3. The second-order valence-corrected chi connectivity index (χ2v) is 8.41. The number of primary amides is 1. The van der Waals surface area contributed by atoms with Gasteiger partial charge in [-0.25, -0.2) is 4.39 Å². The number of nitrogens with two attached hydrogens (primary N) is 1. The number of amides is 1. The van der Waals surface area contributed by atoms with Crippen LogP contribution in [0.5, 0.6) is 5.75 Å². The molecule has 1 amide bonds. The third-order valence-corrected chi connectivity index (χ3v) is 6.26. The maximum atomic E-state index is 13.5. The van der Waals surface area contributed by atoms with E-state index in [0.29, 0.717) is 29.1 Å². The summed E-state index contributed by atoms with van der Waals surface area (Å²) in [6, 6.07) is 12.6. The molecule has 4 nitrogen and oxygen atoms in total. The number of hydrogen-bond donors (Lipinski definition) is 1. The van der Waals surface area contributed by atoms with Crippen molar-refractivity contribution in [3.8, 4) is 5.75 Å². The zero-order valence-corrected chi connectivity index (χ0v) is 17.7. The summed E-state index contributed by atoms with van der Waals surface area (Å²) < 4.78 is 18.8. The molecule has 1 fully saturated rings. The zero-order valence-electron chi connectivity index (χ0n) is 17.7. The minimum Gasteiger partial charge on any atom is -0.496 e. The van der Waals surface area contributed by atoms with E-state index in [1.54, 1.807) is 7.11 Å². The molecule has 2 N–H and O–H groups in total. The molecule has 3 atom stereocenters. The van der Waals surface area contributed by atoms with Gasteiger partial charge in [0, 0.05) is 24.5 Å². The van der Waals surface area contributed by atoms with E-state index in [4.69, 9.17) is 10.5 Å². The quantitative estimate of drug-likeness (QED) is 0.565. The van der Waals surface area contributed by atoms with E-state index in [1.165, 1.54) is 17.7 Å². The summed E-state index contributed by atoms with van der Waals surface area (Å²) in [7, 11) is 1.58. The average Bonchev–Trinajstić information content (AvgIpc) is 3.20. The number of Topliss-reactive ketones (excluding diaryl/α,β-unsaturated/α-hetero) is 1. The highest BCUT2D eigenvalue weighted by Crippen LogP contribution is 2.43. The highest BCUT2D eigenvalue weighted by atomic mass is 19.1. The number of hydrogen-bond acceptors (Lipinski definition) is 3. The second kappa shape index (κ2) is 9.88. The molecule has 1 aliphatic carbocycles. The van der Waals surface area contributed by atoms with Gasteiger partial charge in [0.1, 0.15) is 11.6 Å². The first-order valence-electron chi connectivity index (χ1n) is 10.6. The van der Waals surface area contributed by atoms with Gasteiger partial charge in [-0.15, -0.1) is 0 Å². The predicted octanol–water partition coefficient (Wildman–Crippen LogP) is 5.36. The first-order chi connectivity index (χ1) is 14.4. The Hall–Kier alpha value is -2.69. The molecule has 3 rings (SSSR count). The van der Waals surface area contributed by atoms with Gasteiger partial charge in [0.2, 0.25) is 5.91 Å². The number of benzene rings is 2. The second-order valence-electron chi connectivity index (χ2n) is 8.41. The largest absolute Gasteiger partial charge is 0.496 e. The first kappa shape index (κ1) is 22.0. The normalized spacial score (nSPS) is 19.4. The van der Waals surface area contributed by atoms with Gasteiger partial charge < -0.3 is 10.5 Å². The smallest absolute Gasteiger partial charge is 0.217 e. The van der Waals surface area contributed by atoms with E-state index in [9.17, 15) is 14.0 Å². The van der Waals surface area contributed by atoms with Crippen molar-refractivity contribution in [1.29, 1.82) is 0 Å². The fraction of sp³-hybridized carbons (Fsp3) is 0.440. The Labute approximate surface area is 177 Å². The number of rotatable bonds is 9. The van der Waals surface area contributed by atoms with E-state index < -0.39 is 5.91 Å². The van der Waals surface area contributed by atoms with Crippen molar-refractivity contribution in [2.75, 3.05) is 7.11 Å². The SMILES string of the molecule is COc1cc(F)ccc1[C@@H](C)CC1CC[C@H](c2ccc(C(=O)CCC(N)=O)cc2)C1. The van der Waals surface area contributed by atoms with Gasteiger partial charge in [0.25, 0.3) is 0 Å². The molecule has 0 aliphatic heterocycles. The number of carbonyl (C=O) groups is 2. The summed E-state index contributed by atoms with van der Waals surface area (Å²) >= 11 is 0. The Kier molecular flexibility index (Phi) is 7.24. The lowest BCUT2D eigenvalue weighted by atomic mass is 9.87. The van der Waals surface area contributed by atoms with Gasteiger partial charge in [-0.05, 0) is 60.6 Å². The van der Waals surface area contributed by atoms with Crippen molar-refractivity contribution in [1.82, 2.24) is 0 Å². The van der Waals surface area contributed by atoms with Gasteiger partial charge in [0.15, 0.2) is 5.78 Å². The van der Waals surface area contributed by atoms with Gasteiger partial charge in [-0.1, -0.05) is 37.3 Å². The van der Waals surface area contributed by atoms with Gasteiger partial charge >= 0.3 is 0 Å². The van der Waals surface area contributed by atoms with Crippen molar-refractivity contribution in [3.63, 3.8) is 0 Å². The van der Waals surface area contributed by atoms with Crippen LogP contribution < -0.4 is 10.5 Å². The topological polar surface area (TPSA) is 69.4 Å². The summed E-state index contributed by atoms with van der Waals surface area (Å²) in [6.07, 6.45) is 4.70. The molecule has 2 aromatic rings. The first-order valence-corrected chi connectivity index (χ1v) is 10.6. The third kappa shape index (κ3) is 5.47. The summed E-state index contributed by atoms with van der Waals surface area (Å²) in [4.78, 5) is 23.0. The summed E-state index contributed by atoms with van der Waals surface area (Å²) in [5, 5.41) is 0. The number of carbonyl (C=O) groups excluding carboxylic acids is 2. The van der Waals surface area contributed by atoms with Crippen molar-refractivity contribution < 1.29 is 18.7 Å². The summed E-state index contributed by atoms with van der Waals surface area (Å²) in [5.74, 6) is 1.24. The molecule has 0 spiro atoms. The van der Waals surface area contributed by atoms with Crippen molar-refractivity contribution >= 4 is 11.7 Å². The Morgan fingerprint density at radius 3 is 2.53 bits per heavy atom. The lowest BCUT2D eigenvalue weighted by Gasteiger charge is -2.19. The lowest BCUT2D eigenvalue weighted by molar-refractivity contribution is -0.118. The molecular weight excluding hydrogens is 381 g/mol. The molecule has 0 aromatic heterocycles. The van der Waals surface area contributed by atoms with Gasteiger partial charge in [-0.2, -0.15) is 0 Å². The van der Waals surface area contributed by atoms with E-state index in [0.717, 1.165) is 31.2 Å². The molecule has 0 saturated heterocycles. The van der Waals surface area contributed by atoms with Crippen LogP contribution in [0.4, 0.5) is 4.39 Å². The molecule has 30 heavy (non-hydrogen) atoms. The van der Waals surface area contributed by atoms with Crippen LogP contribution in [0.25, 0.3) is 0 Å². The van der Waals surface area contributed by atoms with Crippen LogP contribution in [-0.4, -0.2) is 18.8 Å². The number of halogens is 1. The van der Waals surface area contributed by atoms with Crippen molar-refractivity contribution in [3.05, 3.63) is 65.0 Å². The Morgan fingerprint density at radius 2 is 1.87 bits per heavy atom. The zero-order chi connectivity index (χ0) is 21.7. The molecule has 0 heterocycles. The van der Waals surface area contributed by atoms with Crippen LogP contribution in [0.15, 0.2) is 42.5 Å².